The molecule has 25 heavy (non-hydrogen) atoms. The van der Waals surface area contributed by atoms with Gasteiger partial charge in [-0.2, -0.15) is 18.3 Å². The molecule has 0 radical (unpaired) electrons. The van der Waals surface area contributed by atoms with Crippen molar-refractivity contribution in [2.75, 3.05) is 11.9 Å². The van der Waals surface area contributed by atoms with Crippen LogP contribution in [-0.2, 0) is 12.8 Å². The molecule has 0 fully saturated rings. The fourth-order valence-electron chi connectivity index (χ4n) is 2.59. The summed E-state index contributed by atoms with van der Waals surface area (Å²) in [6.45, 7) is -1.41. The Kier molecular flexibility index (Phi) is 4.77. The zero-order valence-electron chi connectivity index (χ0n) is 13.1. The molecule has 0 saturated heterocycles. The summed E-state index contributed by atoms with van der Waals surface area (Å²) in [6.07, 6.45) is 0.873. The van der Waals surface area contributed by atoms with Gasteiger partial charge < -0.3 is 15.4 Å². The first-order valence-electron chi connectivity index (χ1n) is 7.63. The highest BCUT2D eigenvalue weighted by Crippen LogP contribution is 2.20. The van der Waals surface area contributed by atoms with Gasteiger partial charge in [0.1, 0.15) is 0 Å². The van der Waals surface area contributed by atoms with E-state index in [9.17, 15) is 18.0 Å². The molecular formula is C15H16F3N5O2. The van der Waals surface area contributed by atoms with E-state index in [1.165, 1.54) is 18.3 Å². The summed E-state index contributed by atoms with van der Waals surface area (Å²) in [5.74, 6) is -0.164. The molecule has 3 rings (SSSR count). The molecule has 10 heteroatoms. The minimum atomic E-state index is -4.42. The zero-order valence-corrected chi connectivity index (χ0v) is 13.1. The minimum absolute atomic E-state index is 0.00699. The number of alkyl halides is 3. The maximum Gasteiger partial charge on any atom is 0.422 e. The van der Waals surface area contributed by atoms with Crippen LogP contribution in [-0.4, -0.2) is 40.0 Å². The molecule has 2 aromatic heterocycles. The lowest BCUT2D eigenvalue weighted by Gasteiger charge is -2.22. The number of nitrogens with one attached hydrogen (secondary N) is 3. The predicted molar refractivity (Wildman–Crippen MR) is 82.3 cm³/mol. The fourth-order valence-corrected chi connectivity index (χ4v) is 2.59. The van der Waals surface area contributed by atoms with Crippen LogP contribution in [0.2, 0.25) is 0 Å². The number of amides is 2. The molecule has 1 aliphatic rings. The number of aryl methyl sites for hydroxylation is 1. The van der Waals surface area contributed by atoms with Gasteiger partial charge in [0.05, 0.1) is 18.1 Å². The number of anilines is 1. The number of aromatic nitrogens is 3. The normalized spacial score (nSPS) is 16.8. The summed E-state index contributed by atoms with van der Waals surface area (Å²) in [6, 6.07) is 2.28. The van der Waals surface area contributed by atoms with E-state index in [-0.39, 0.29) is 11.9 Å². The first-order chi connectivity index (χ1) is 11.9. The van der Waals surface area contributed by atoms with E-state index >= 15 is 0 Å². The van der Waals surface area contributed by atoms with Gasteiger partial charge in [0.25, 0.3) is 0 Å². The molecule has 2 heterocycles. The molecule has 0 bridgehead atoms. The van der Waals surface area contributed by atoms with Gasteiger partial charge in [-0.3, -0.25) is 5.10 Å². The largest absolute Gasteiger partial charge is 0.468 e. The van der Waals surface area contributed by atoms with Crippen LogP contribution >= 0.6 is 0 Å². The smallest absolute Gasteiger partial charge is 0.422 e. The number of rotatable bonds is 4. The number of urea groups is 1. The standard InChI is InChI=1S/C15H16F3N5O2/c16-15(17,18)8-25-13-4-2-11(7-19-13)22-14(24)21-10-1-3-12-9(5-10)6-20-23-12/h2,4,6-7,10H,1,3,5,8H2,(H,20,23)(H2,21,22,24). The Balaban J connectivity index is 1.48. The number of nitrogens with zero attached hydrogens (tertiary/aromatic N) is 2. The van der Waals surface area contributed by atoms with Gasteiger partial charge in [-0.15, -0.1) is 0 Å². The Labute approximate surface area is 141 Å². The van der Waals surface area contributed by atoms with Gasteiger partial charge in [-0.05, 0) is 30.9 Å². The maximum atomic E-state index is 12.1. The van der Waals surface area contributed by atoms with Crippen LogP contribution in [0.5, 0.6) is 5.88 Å². The molecule has 134 valence electrons. The molecule has 1 aliphatic carbocycles. The average Bonchev–Trinajstić information content (AvgIpc) is 3.01. The molecule has 2 amide bonds. The van der Waals surface area contributed by atoms with Crippen molar-refractivity contribution in [2.24, 2.45) is 0 Å². The van der Waals surface area contributed by atoms with Crippen LogP contribution in [0.4, 0.5) is 23.7 Å². The molecule has 0 aromatic carbocycles. The van der Waals surface area contributed by atoms with E-state index in [1.807, 2.05) is 0 Å². The first kappa shape index (κ1) is 17.1. The van der Waals surface area contributed by atoms with E-state index in [2.05, 4.69) is 30.6 Å². The van der Waals surface area contributed by atoms with Crippen LogP contribution in [0.15, 0.2) is 24.5 Å². The van der Waals surface area contributed by atoms with Gasteiger partial charge in [0.15, 0.2) is 6.61 Å². The van der Waals surface area contributed by atoms with Crippen molar-refractivity contribution >= 4 is 11.7 Å². The summed E-state index contributed by atoms with van der Waals surface area (Å²) in [7, 11) is 0. The van der Waals surface area contributed by atoms with Crippen molar-refractivity contribution < 1.29 is 22.7 Å². The van der Waals surface area contributed by atoms with Crippen LogP contribution < -0.4 is 15.4 Å². The highest BCUT2D eigenvalue weighted by Gasteiger charge is 2.28. The van der Waals surface area contributed by atoms with E-state index in [1.54, 1.807) is 6.20 Å². The minimum Gasteiger partial charge on any atom is -0.468 e. The fraction of sp³-hybridized carbons (Fsp3) is 0.400. The summed E-state index contributed by atoms with van der Waals surface area (Å²) in [5, 5.41) is 12.4. The Morgan fingerprint density at radius 3 is 2.92 bits per heavy atom. The third-order valence-electron chi connectivity index (χ3n) is 3.73. The van der Waals surface area contributed by atoms with Gasteiger partial charge in [0.2, 0.25) is 5.88 Å². The van der Waals surface area contributed by atoms with Crippen molar-refractivity contribution in [3.05, 3.63) is 35.8 Å². The van der Waals surface area contributed by atoms with Gasteiger partial charge in [0, 0.05) is 17.8 Å². The molecule has 1 atom stereocenters. The number of carbonyl (C=O) groups is 1. The van der Waals surface area contributed by atoms with Gasteiger partial charge in [-0.25, -0.2) is 9.78 Å². The second kappa shape index (κ2) is 6.99. The molecule has 0 aliphatic heterocycles. The molecule has 7 nitrogen and oxygen atoms in total. The lowest BCUT2D eigenvalue weighted by atomic mass is 9.94. The van der Waals surface area contributed by atoms with Crippen molar-refractivity contribution in [1.82, 2.24) is 20.5 Å². The lowest BCUT2D eigenvalue weighted by Crippen LogP contribution is -2.41. The monoisotopic (exact) mass is 355 g/mol. The number of pyridine rings is 1. The number of halogens is 3. The van der Waals surface area contributed by atoms with E-state index in [0.717, 1.165) is 24.1 Å². The van der Waals surface area contributed by atoms with Crippen LogP contribution in [0.25, 0.3) is 0 Å². The summed E-state index contributed by atoms with van der Waals surface area (Å²) < 4.78 is 40.7. The molecular weight excluding hydrogens is 339 g/mol. The first-order valence-corrected chi connectivity index (χ1v) is 7.63. The van der Waals surface area contributed by atoms with Crippen LogP contribution in [0.1, 0.15) is 17.7 Å². The Morgan fingerprint density at radius 1 is 1.36 bits per heavy atom. The Morgan fingerprint density at radius 2 is 2.20 bits per heavy atom. The third kappa shape index (κ3) is 4.85. The van der Waals surface area contributed by atoms with Crippen molar-refractivity contribution in [1.29, 1.82) is 0 Å². The molecule has 1 unspecified atom stereocenters. The van der Waals surface area contributed by atoms with E-state index in [0.29, 0.717) is 12.1 Å². The number of hydrogen-bond donors (Lipinski definition) is 3. The van der Waals surface area contributed by atoms with Gasteiger partial charge >= 0.3 is 12.2 Å². The maximum absolute atomic E-state index is 12.1. The number of aromatic amines is 1. The lowest BCUT2D eigenvalue weighted by molar-refractivity contribution is -0.154. The number of H-pyrrole nitrogens is 1. The van der Waals surface area contributed by atoms with Gasteiger partial charge in [-0.1, -0.05) is 0 Å². The Bertz CT molecular complexity index is 730. The highest BCUT2D eigenvalue weighted by molar-refractivity contribution is 5.89. The summed E-state index contributed by atoms with van der Waals surface area (Å²) in [5.41, 5.74) is 2.54. The topological polar surface area (TPSA) is 91.9 Å². The predicted octanol–water partition coefficient (Wildman–Crippen LogP) is 2.42. The average molecular weight is 355 g/mol. The van der Waals surface area contributed by atoms with Crippen LogP contribution in [0, 0.1) is 0 Å². The van der Waals surface area contributed by atoms with Crippen molar-refractivity contribution in [3.8, 4) is 5.88 Å². The number of hydrogen-bond acceptors (Lipinski definition) is 4. The highest BCUT2D eigenvalue weighted by atomic mass is 19.4. The SMILES string of the molecule is O=C(Nc1ccc(OCC(F)(F)F)nc1)NC1CCc2[nH]ncc2C1. The number of fused-ring (bicyclic) bond motifs is 1. The van der Waals surface area contributed by atoms with Crippen molar-refractivity contribution in [3.63, 3.8) is 0 Å². The molecule has 0 saturated carbocycles. The summed E-state index contributed by atoms with van der Waals surface area (Å²) in [4.78, 5) is 15.7. The van der Waals surface area contributed by atoms with E-state index in [4.69, 9.17) is 0 Å². The number of carbonyl (C=O) groups excluding carboxylic acids is 1. The summed E-state index contributed by atoms with van der Waals surface area (Å²) >= 11 is 0. The van der Waals surface area contributed by atoms with Crippen LogP contribution in [0.3, 0.4) is 0 Å². The molecule has 3 N–H and O–H groups in total. The third-order valence-corrected chi connectivity index (χ3v) is 3.73. The Hall–Kier alpha value is -2.78. The van der Waals surface area contributed by atoms with Crippen molar-refractivity contribution in [2.45, 2.75) is 31.5 Å². The molecule has 2 aromatic rings. The second-order valence-electron chi connectivity index (χ2n) is 5.70. The van der Waals surface area contributed by atoms with E-state index < -0.39 is 18.8 Å². The zero-order chi connectivity index (χ0) is 17.9. The number of ether oxygens (including phenoxy) is 1. The molecule has 0 spiro atoms. The quantitative estimate of drug-likeness (QED) is 0.785. The second-order valence-corrected chi connectivity index (χ2v) is 5.70.